The van der Waals surface area contributed by atoms with Gasteiger partial charge < -0.3 is 14.2 Å². The van der Waals surface area contributed by atoms with Crippen LogP contribution in [0.5, 0.6) is 0 Å². The first kappa shape index (κ1) is 18.8. The highest BCUT2D eigenvalue weighted by Crippen LogP contribution is 2.33. The van der Waals surface area contributed by atoms with Gasteiger partial charge >= 0.3 is 6.03 Å². The zero-order valence-electron chi connectivity index (χ0n) is 16.4. The van der Waals surface area contributed by atoms with Crippen molar-refractivity contribution in [2.24, 2.45) is 0 Å². The van der Waals surface area contributed by atoms with Crippen LogP contribution in [0.15, 0.2) is 87.9 Å². The second-order valence-corrected chi connectivity index (χ2v) is 7.23. The van der Waals surface area contributed by atoms with Gasteiger partial charge in [0.1, 0.15) is 6.54 Å². The van der Waals surface area contributed by atoms with Crippen molar-refractivity contribution in [1.29, 1.82) is 0 Å². The summed E-state index contributed by atoms with van der Waals surface area (Å²) in [5, 5.41) is 10.8. The lowest BCUT2D eigenvalue weighted by Gasteiger charge is -2.27. The SMILES string of the molecule is O=C1N[C@@](Cc2ccccc2)(c2ccccc2)C(=O)N1Cc1nnc(-c2ccco2)o1. The second kappa shape index (κ2) is 7.56. The van der Waals surface area contributed by atoms with Gasteiger partial charge in [-0.05, 0) is 23.3 Å². The molecule has 1 aliphatic rings. The van der Waals surface area contributed by atoms with E-state index in [2.05, 4.69) is 15.5 Å². The van der Waals surface area contributed by atoms with Crippen molar-refractivity contribution < 1.29 is 18.4 Å². The third-order valence-corrected chi connectivity index (χ3v) is 5.25. The van der Waals surface area contributed by atoms with E-state index < -0.39 is 11.6 Å². The van der Waals surface area contributed by atoms with Crippen LogP contribution in [-0.2, 0) is 23.3 Å². The predicted octanol–water partition coefficient (Wildman–Crippen LogP) is 3.52. The summed E-state index contributed by atoms with van der Waals surface area (Å²) in [6.45, 7) is -0.137. The van der Waals surface area contributed by atoms with Crippen molar-refractivity contribution in [3.05, 3.63) is 96.1 Å². The molecule has 0 aliphatic carbocycles. The fourth-order valence-electron chi connectivity index (χ4n) is 3.76. The van der Waals surface area contributed by atoms with Crippen LogP contribution in [0.25, 0.3) is 11.7 Å². The number of rotatable bonds is 6. The summed E-state index contributed by atoms with van der Waals surface area (Å²) >= 11 is 0. The van der Waals surface area contributed by atoms with Gasteiger partial charge in [0.25, 0.3) is 11.8 Å². The maximum atomic E-state index is 13.6. The average Bonchev–Trinajstić information content (AvgIpc) is 3.53. The average molecular weight is 414 g/mol. The summed E-state index contributed by atoms with van der Waals surface area (Å²) in [7, 11) is 0. The minimum Gasteiger partial charge on any atom is -0.459 e. The van der Waals surface area contributed by atoms with Crippen molar-refractivity contribution >= 4 is 11.9 Å². The van der Waals surface area contributed by atoms with Crippen LogP contribution in [0.2, 0.25) is 0 Å². The van der Waals surface area contributed by atoms with Gasteiger partial charge in [-0.2, -0.15) is 0 Å². The van der Waals surface area contributed by atoms with Gasteiger partial charge in [0.2, 0.25) is 5.89 Å². The highest BCUT2D eigenvalue weighted by atomic mass is 16.4. The minimum atomic E-state index is -1.22. The van der Waals surface area contributed by atoms with E-state index >= 15 is 0 Å². The molecule has 1 aliphatic heterocycles. The maximum Gasteiger partial charge on any atom is 0.325 e. The van der Waals surface area contributed by atoms with Gasteiger partial charge in [-0.1, -0.05) is 60.7 Å². The number of nitrogens with one attached hydrogen (secondary N) is 1. The Morgan fingerprint density at radius 3 is 2.35 bits per heavy atom. The zero-order chi connectivity index (χ0) is 21.3. The Kier molecular flexibility index (Phi) is 4.59. The molecule has 3 amide bonds. The fourth-order valence-corrected chi connectivity index (χ4v) is 3.76. The quantitative estimate of drug-likeness (QED) is 0.485. The molecule has 3 heterocycles. The van der Waals surface area contributed by atoms with Crippen molar-refractivity contribution in [3.8, 4) is 11.7 Å². The van der Waals surface area contributed by atoms with E-state index in [1.165, 1.54) is 6.26 Å². The number of nitrogens with zero attached hydrogens (tertiary/aromatic N) is 3. The Balaban J connectivity index is 1.47. The van der Waals surface area contributed by atoms with E-state index in [9.17, 15) is 9.59 Å². The molecule has 0 saturated carbocycles. The van der Waals surface area contributed by atoms with E-state index in [4.69, 9.17) is 8.83 Å². The van der Waals surface area contributed by atoms with Crippen molar-refractivity contribution in [2.75, 3.05) is 0 Å². The molecule has 5 rings (SSSR count). The molecule has 154 valence electrons. The van der Waals surface area contributed by atoms with Crippen molar-refractivity contribution in [1.82, 2.24) is 20.4 Å². The molecule has 8 nitrogen and oxygen atoms in total. The molecule has 2 aromatic heterocycles. The fraction of sp³-hybridized carbons (Fsp3) is 0.130. The smallest absolute Gasteiger partial charge is 0.325 e. The van der Waals surface area contributed by atoms with Crippen LogP contribution in [0.3, 0.4) is 0 Å². The Hall–Kier alpha value is -4.20. The molecule has 31 heavy (non-hydrogen) atoms. The number of carbonyl (C=O) groups is 2. The van der Waals surface area contributed by atoms with Gasteiger partial charge in [0.05, 0.1) is 6.26 Å². The number of imide groups is 1. The van der Waals surface area contributed by atoms with Gasteiger partial charge in [-0.3, -0.25) is 9.69 Å². The number of benzene rings is 2. The molecule has 2 aromatic carbocycles. The Morgan fingerprint density at radius 1 is 0.903 bits per heavy atom. The molecule has 1 N–H and O–H groups in total. The first-order valence-electron chi connectivity index (χ1n) is 9.75. The third kappa shape index (κ3) is 3.38. The molecule has 0 bridgehead atoms. The summed E-state index contributed by atoms with van der Waals surface area (Å²) in [5.74, 6) is 0.369. The Bertz CT molecular complexity index is 1200. The number of hydrogen-bond donors (Lipinski definition) is 1. The highest BCUT2D eigenvalue weighted by molar-refractivity contribution is 6.07. The van der Waals surface area contributed by atoms with Crippen LogP contribution in [0.1, 0.15) is 17.0 Å². The first-order valence-corrected chi connectivity index (χ1v) is 9.75. The number of hydrogen-bond acceptors (Lipinski definition) is 6. The molecule has 1 fully saturated rings. The Labute approximate surface area is 177 Å². The number of urea groups is 1. The van der Waals surface area contributed by atoms with Gasteiger partial charge in [0.15, 0.2) is 11.3 Å². The summed E-state index contributed by atoms with van der Waals surface area (Å²) in [5.41, 5.74) is 0.421. The lowest BCUT2D eigenvalue weighted by molar-refractivity contribution is -0.132. The maximum absolute atomic E-state index is 13.6. The third-order valence-electron chi connectivity index (χ3n) is 5.25. The summed E-state index contributed by atoms with van der Waals surface area (Å²) < 4.78 is 10.8. The molecule has 1 atom stereocenters. The molecular formula is C23H18N4O4. The second-order valence-electron chi connectivity index (χ2n) is 7.23. The molecule has 0 radical (unpaired) electrons. The molecule has 4 aromatic rings. The van der Waals surface area contributed by atoms with Crippen LogP contribution in [-0.4, -0.2) is 27.0 Å². The zero-order valence-corrected chi connectivity index (χ0v) is 16.4. The van der Waals surface area contributed by atoms with Gasteiger partial charge in [-0.15, -0.1) is 10.2 Å². The first-order chi connectivity index (χ1) is 15.2. The van der Waals surface area contributed by atoms with Gasteiger partial charge in [-0.25, -0.2) is 4.79 Å². The number of furan rings is 1. The van der Waals surface area contributed by atoms with Crippen molar-refractivity contribution in [3.63, 3.8) is 0 Å². The molecule has 1 saturated heterocycles. The lowest BCUT2D eigenvalue weighted by atomic mass is 9.83. The van der Waals surface area contributed by atoms with Crippen LogP contribution in [0.4, 0.5) is 4.79 Å². The molecular weight excluding hydrogens is 396 g/mol. The van der Waals surface area contributed by atoms with E-state index in [1.54, 1.807) is 12.1 Å². The number of aromatic nitrogens is 2. The largest absolute Gasteiger partial charge is 0.459 e. The van der Waals surface area contributed by atoms with E-state index in [-0.39, 0.29) is 24.2 Å². The van der Waals surface area contributed by atoms with Crippen LogP contribution in [0, 0.1) is 0 Å². The number of amides is 3. The predicted molar refractivity (Wildman–Crippen MR) is 109 cm³/mol. The van der Waals surface area contributed by atoms with Crippen molar-refractivity contribution in [2.45, 2.75) is 18.5 Å². The van der Waals surface area contributed by atoms with Crippen LogP contribution >= 0.6 is 0 Å². The minimum absolute atomic E-state index is 0.137. The van der Waals surface area contributed by atoms with E-state index in [0.717, 1.165) is 10.5 Å². The van der Waals surface area contributed by atoms with Gasteiger partial charge in [0, 0.05) is 6.42 Å². The lowest BCUT2D eigenvalue weighted by Crippen LogP contribution is -2.46. The van der Waals surface area contributed by atoms with Crippen LogP contribution < -0.4 is 5.32 Å². The monoisotopic (exact) mass is 414 g/mol. The molecule has 8 heteroatoms. The van der Waals surface area contributed by atoms with E-state index in [0.29, 0.717) is 17.7 Å². The molecule has 0 unspecified atom stereocenters. The summed E-state index contributed by atoms with van der Waals surface area (Å²) in [6, 6.07) is 21.7. The normalized spacial score (nSPS) is 18.4. The standard InChI is InChI=1S/C23H18N4O4/c28-21-23(17-10-5-2-6-11-17,14-16-8-3-1-4-9-16)24-22(29)27(21)15-19-25-26-20(31-19)18-12-7-13-30-18/h1-13H,14-15H2,(H,24,29)/t23-/m0/s1. The Morgan fingerprint density at radius 2 is 1.65 bits per heavy atom. The highest BCUT2D eigenvalue weighted by Gasteiger charge is 2.52. The summed E-state index contributed by atoms with van der Waals surface area (Å²) in [6.07, 6.45) is 1.81. The summed E-state index contributed by atoms with van der Waals surface area (Å²) in [4.78, 5) is 27.6. The number of carbonyl (C=O) groups excluding carboxylic acids is 2. The topological polar surface area (TPSA) is 101 Å². The van der Waals surface area contributed by atoms with E-state index in [1.807, 2.05) is 60.7 Å². The molecule has 0 spiro atoms.